The molecule has 3 aromatic rings. The Balaban J connectivity index is 1.38. The summed E-state index contributed by atoms with van der Waals surface area (Å²) in [6, 6.07) is 12.9. The van der Waals surface area contributed by atoms with Gasteiger partial charge in [0.15, 0.2) is 5.58 Å². The van der Waals surface area contributed by atoms with E-state index >= 15 is 0 Å². The fourth-order valence-electron chi connectivity index (χ4n) is 4.47. The van der Waals surface area contributed by atoms with E-state index in [4.69, 9.17) is 14.9 Å². The van der Waals surface area contributed by atoms with Crippen LogP contribution >= 0.6 is 0 Å². The highest BCUT2D eigenvalue weighted by molar-refractivity contribution is 5.86. The molecule has 2 amide bonds. The van der Waals surface area contributed by atoms with Crippen LogP contribution in [-0.2, 0) is 23.0 Å². The summed E-state index contributed by atoms with van der Waals surface area (Å²) in [5.74, 6) is -0.653. The first-order valence-corrected chi connectivity index (χ1v) is 12.3. The van der Waals surface area contributed by atoms with Crippen LogP contribution in [0.3, 0.4) is 0 Å². The highest BCUT2D eigenvalue weighted by atomic mass is 16.6. The van der Waals surface area contributed by atoms with Gasteiger partial charge in [-0.1, -0.05) is 30.3 Å². The monoisotopic (exact) mass is 494 g/mol. The van der Waals surface area contributed by atoms with Crippen molar-refractivity contribution >= 4 is 23.1 Å². The van der Waals surface area contributed by atoms with Crippen molar-refractivity contribution in [2.75, 3.05) is 6.54 Å². The van der Waals surface area contributed by atoms with Crippen molar-refractivity contribution in [2.45, 2.75) is 64.3 Å². The third-order valence-electron chi connectivity index (χ3n) is 6.30. The molecule has 1 aromatic heterocycles. The van der Waals surface area contributed by atoms with Gasteiger partial charge >= 0.3 is 11.8 Å². The zero-order valence-electron chi connectivity index (χ0n) is 21.2. The smallest absolute Gasteiger partial charge is 0.419 e. The maximum Gasteiger partial charge on any atom is 0.419 e. The van der Waals surface area contributed by atoms with Crippen LogP contribution in [0.2, 0.25) is 0 Å². The van der Waals surface area contributed by atoms with Crippen LogP contribution < -0.4 is 16.8 Å². The van der Waals surface area contributed by atoms with Crippen molar-refractivity contribution in [3.63, 3.8) is 0 Å². The number of nitrogens with two attached hydrogens (primary N) is 1. The maximum atomic E-state index is 13.0. The van der Waals surface area contributed by atoms with Crippen molar-refractivity contribution in [3.8, 4) is 11.1 Å². The van der Waals surface area contributed by atoms with Gasteiger partial charge in [-0.2, -0.15) is 0 Å². The number of benzene rings is 2. The van der Waals surface area contributed by atoms with Crippen LogP contribution in [0.5, 0.6) is 0 Å². The van der Waals surface area contributed by atoms with Gasteiger partial charge in [0.1, 0.15) is 11.6 Å². The standard InChI is InChI=1S/C27H34N4O5/c1-27(2,3)36-26(34)31-14-6-5-7-20(31)24(32)29-23(28)15-17-8-10-18(11-9-17)19-12-13-22-21(16-19)30(4)25(33)35-22/h8-13,16,20,23H,5-7,14-15,28H2,1-4H3,(H,29,32)/t20-,23-/m0/s1. The fraction of sp³-hybridized carbons (Fsp3) is 0.444. The highest BCUT2D eigenvalue weighted by Crippen LogP contribution is 2.25. The molecule has 2 heterocycles. The Kier molecular flexibility index (Phi) is 7.21. The molecule has 1 fully saturated rings. The Labute approximate surface area is 210 Å². The largest absolute Gasteiger partial charge is 0.444 e. The number of hydrogen-bond acceptors (Lipinski definition) is 6. The van der Waals surface area contributed by atoms with Crippen molar-refractivity contribution in [3.05, 3.63) is 58.6 Å². The predicted octanol–water partition coefficient (Wildman–Crippen LogP) is 3.53. The molecule has 2 aromatic carbocycles. The van der Waals surface area contributed by atoms with Crippen molar-refractivity contribution < 1.29 is 18.7 Å². The van der Waals surface area contributed by atoms with Gasteiger partial charge < -0.3 is 20.2 Å². The molecule has 1 saturated heterocycles. The lowest BCUT2D eigenvalue weighted by molar-refractivity contribution is -0.128. The second kappa shape index (κ2) is 10.2. The number of aryl methyl sites for hydroxylation is 1. The summed E-state index contributed by atoms with van der Waals surface area (Å²) in [6.45, 7) is 5.91. The summed E-state index contributed by atoms with van der Waals surface area (Å²) in [4.78, 5) is 38.9. The number of ether oxygens (including phenoxy) is 1. The van der Waals surface area contributed by atoms with Crippen molar-refractivity contribution in [1.82, 2.24) is 14.8 Å². The van der Waals surface area contributed by atoms with Gasteiger partial charge in [0.25, 0.3) is 0 Å². The van der Waals surface area contributed by atoms with Crippen LogP contribution in [0.1, 0.15) is 45.6 Å². The average Bonchev–Trinajstić information content (AvgIpc) is 3.11. The van der Waals surface area contributed by atoms with E-state index in [1.54, 1.807) is 13.1 Å². The van der Waals surface area contributed by atoms with E-state index < -0.39 is 29.7 Å². The van der Waals surface area contributed by atoms with Crippen LogP contribution in [0, 0.1) is 0 Å². The summed E-state index contributed by atoms with van der Waals surface area (Å²) >= 11 is 0. The molecule has 4 rings (SSSR count). The molecule has 9 heteroatoms. The van der Waals surface area contributed by atoms with E-state index in [1.165, 1.54) is 9.47 Å². The van der Waals surface area contributed by atoms with E-state index in [0.29, 0.717) is 25.0 Å². The number of likely N-dealkylation sites (tertiary alicyclic amines) is 1. The number of aromatic nitrogens is 1. The first kappa shape index (κ1) is 25.5. The highest BCUT2D eigenvalue weighted by Gasteiger charge is 2.35. The molecular weight excluding hydrogens is 460 g/mol. The van der Waals surface area contributed by atoms with Gasteiger partial charge in [-0.05, 0) is 68.9 Å². The summed E-state index contributed by atoms with van der Waals surface area (Å²) in [6.07, 6.45) is 1.67. The lowest BCUT2D eigenvalue weighted by Crippen LogP contribution is -2.56. The lowest BCUT2D eigenvalue weighted by atomic mass is 10.0. The number of oxazole rings is 1. The van der Waals surface area contributed by atoms with E-state index in [9.17, 15) is 14.4 Å². The molecule has 0 saturated carbocycles. The van der Waals surface area contributed by atoms with Crippen LogP contribution in [0.15, 0.2) is 51.7 Å². The molecule has 0 aliphatic carbocycles. The minimum Gasteiger partial charge on any atom is -0.444 e. The molecule has 36 heavy (non-hydrogen) atoms. The number of fused-ring (bicyclic) bond motifs is 1. The third-order valence-corrected chi connectivity index (χ3v) is 6.30. The number of carbonyl (C=O) groups excluding carboxylic acids is 2. The zero-order valence-corrected chi connectivity index (χ0v) is 21.2. The number of carbonyl (C=O) groups is 2. The Morgan fingerprint density at radius 1 is 1.14 bits per heavy atom. The van der Waals surface area contributed by atoms with Gasteiger partial charge in [-0.25, -0.2) is 9.59 Å². The van der Waals surface area contributed by atoms with E-state index in [2.05, 4.69) is 5.32 Å². The molecule has 3 N–H and O–H groups in total. The molecule has 9 nitrogen and oxygen atoms in total. The van der Waals surface area contributed by atoms with Crippen LogP contribution in [0.4, 0.5) is 4.79 Å². The molecule has 192 valence electrons. The maximum absolute atomic E-state index is 13.0. The fourth-order valence-corrected chi connectivity index (χ4v) is 4.47. The molecule has 1 aliphatic rings. The molecule has 2 atom stereocenters. The number of piperidine rings is 1. The lowest BCUT2D eigenvalue weighted by Gasteiger charge is -2.36. The Morgan fingerprint density at radius 2 is 1.83 bits per heavy atom. The van der Waals surface area contributed by atoms with Crippen LogP contribution in [-0.4, -0.2) is 45.8 Å². The molecule has 0 spiro atoms. The summed E-state index contributed by atoms with van der Waals surface area (Å²) in [5.41, 5.74) is 9.83. The van der Waals surface area contributed by atoms with Crippen molar-refractivity contribution in [2.24, 2.45) is 12.8 Å². The molecule has 1 aliphatic heterocycles. The Bertz CT molecular complexity index is 1300. The number of rotatable bonds is 5. The van der Waals surface area contributed by atoms with Gasteiger partial charge in [0, 0.05) is 20.0 Å². The van der Waals surface area contributed by atoms with E-state index in [0.717, 1.165) is 35.0 Å². The molecular formula is C27H34N4O5. The normalized spacial score (nSPS) is 17.1. The molecule has 0 radical (unpaired) electrons. The SMILES string of the molecule is Cn1c(=O)oc2ccc(-c3ccc(C[C@@H](N)NC(=O)[C@@H]4CCCCN4C(=O)OC(C)(C)C)cc3)cc21. The van der Waals surface area contributed by atoms with E-state index in [1.807, 2.05) is 57.2 Å². The van der Waals surface area contributed by atoms with Gasteiger partial charge in [0.05, 0.1) is 11.7 Å². The van der Waals surface area contributed by atoms with Crippen LogP contribution in [0.25, 0.3) is 22.2 Å². The molecule has 0 bridgehead atoms. The summed E-state index contributed by atoms with van der Waals surface area (Å²) in [7, 11) is 1.68. The number of nitrogens with zero attached hydrogens (tertiary/aromatic N) is 2. The zero-order chi connectivity index (χ0) is 26.0. The Morgan fingerprint density at radius 3 is 2.53 bits per heavy atom. The summed E-state index contributed by atoms with van der Waals surface area (Å²) in [5, 5.41) is 2.87. The number of nitrogens with one attached hydrogen (secondary N) is 1. The quantitative estimate of drug-likeness (QED) is 0.524. The van der Waals surface area contributed by atoms with Gasteiger partial charge in [-0.15, -0.1) is 0 Å². The topological polar surface area (TPSA) is 120 Å². The second-order valence-electron chi connectivity index (χ2n) is 10.3. The molecule has 0 unspecified atom stereocenters. The minimum absolute atomic E-state index is 0.260. The third kappa shape index (κ3) is 5.79. The van der Waals surface area contributed by atoms with Gasteiger partial charge in [-0.3, -0.25) is 14.3 Å². The number of hydrogen-bond donors (Lipinski definition) is 2. The predicted molar refractivity (Wildman–Crippen MR) is 137 cm³/mol. The Hall–Kier alpha value is -3.59. The van der Waals surface area contributed by atoms with E-state index in [-0.39, 0.29) is 5.91 Å². The number of amides is 2. The minimum atomic E-state index is -0.626. The van der Waals surface area contributed by atoms with Crippen molar-refractivity contribution in [1.29, 1.82) is 0 Å². The first-order chi connectivity index (χ1) is 17.0. The first-order valence-electron chi connectivity index (χ1n) is 12.3. The second-order valence-corrected chi connectivity index (χ2v) is 10.3. The average molecular weight is 495 g/mol. The summed E-state index contributed by atoms with van der Waals surface area (Å²) < 4.78 is 12.2. The van der Waals surface area contributed by atoms with Gasteiger partial charge in [0.2, 0.25) is 5.91 Å².